The van der Waals surface area contributed by atoms with Gasteiger partial charge in [0.05, 0.1) is 23.6 Å². The van der Waals surface area contributed by atoms with Crippen molar-refractivity contribution in [2.45, 2.75) is 19.6 Å². The minimum Gasteiger partial charge on any atom is -0.493 e. The second-order valence-corrected chi connectivity index (χ2v) is 8.55. The number of carbonyl (C=O) groups is 3. The number of imide groups is 1. The van der Waals surface area contributed by atoms with E-state index in [1.165, 1.54) is 39.4 Å². The fourth-order valence-corrected chi connectivity index (χ4v) is 4.47. The zero-order valence-corrected chi connectivity index (χ0v) is 19.8. The minimum atomic E-state index is -1.03. The molecule has 0 bridgehead atoms. The summed E-state index contributed by atoms with van der Waals surface area (Å²) in [6.07, 6.45) is 1.53. The van der Waals surface area contributed by atoms with Crippen LogP contribution in [0.15, 0.2) is 45.8 Å². The summed E-state index contributed by atoms with van der Waals surface area (Å²) in [5.74, 6) is -0.842. The second-order valence-electron chi connectivity index (χ2n) is 6.70. The molecule has 2 aromatic rings. The molecule has 1 heterocycles. The van der Waals surface area contributed by atoms with Crippen molar-refractivity contribution < 1.29 is 33.0 Å². The Balaban J connectivity index is 1.84. The Kier molecular flexibility index (Phi) is 7.57. The van der Waals surface area contributed by atoms with E-state index in [4.69, 9.17) is 9.47 Å². The van der Waals surface area contributed by atoms with Crippen LogP contribution in [-0.4, -0.2) is 42.3 Å². The Morgan fingerprint density at radius 1 is 1.25 bits per heavy atom. The molecule has 1 saturated heterocycles. The highest BCUT2D eigenvalue weighted by atomic mass is 79.9. The van der Waals surface area contributed by atoms with Crippen LogP contribution in [0.25, 0.3) is 6.08 Å². The van der Waals surface area contributed by atoms with E-state index >= 15 is 0 Å². The van der Waals surface area contributed by atoms with E-state index in [1.54, 1.807) is 24.3 Å². The number of halogens is 2. The largest absolute Gasteiger partial charge is 0.493 e. The minimum absolute atomic E-state index is 0.121. The molecule has 0 N–H and O–H groups in total. The van der Waals surface area contributed by atoms with Crippen LogP contribution < -0.4 is 9.47 Å². The molecule has 0 aliphatic carbocycles. The van der Waals surface area contributed by atoms with Gasteiger partial charge in [-0.05, 0) is 76.1 Å². The van der Waals surface area contributed by atoms with Crippen LogP contribution >= 0.6 is 27.7 Å². The Morgan fingerprint density at radius 2 is 2.00 bits per heavy atom. The van der Waals surface area contributed by atoms with Crippen molar-refractivity contribution in [3.8, 4) is 11.5 Å². The van der Waals surface area contributed by atoms with Gasteiger partial charge in [0.2, 0.25) is 0 Å². The lowest BCUT2D eigenvalue weighted by molar-refractivity contribution is -0.148. The number of rotatable bonds is 7. The van der Waals surface area contributed by atoms with Crippen molar-refractivity contribution in [1.29, 1.82) is 0 Å². The van der Waals surface area contributed by atoms with Crippen LogP contribution in [0.2, 0.25) is 0 Å². The number of ether oxygens (including phenoxy) is 3. The Bertz CT molecular complexity index is 1110. The lowest BCUT2D eigenvalue weighted by Crippen LogP contribution is -2.42. The molecule has 1 atom stereocenters. The predicted molar refractivity (Wildman–Crippen MR) is 121 cm³/mol. The van der Waals surface area contributed by atoms with Crippen molar-refractivity contribution in [2.24, 2.45) is 0 Å². The fraction of sp³-hybridized carbons (Fsp3) is 0.227. The third-order valence-electron chi connectivity index (χ3n) is 4.57. The fourth-order valence-electron chi connectivity index (χ4n) is 2.99. The van der Waals surface area contributed by atoms with Gasteiger partial charge in [0.15, 0.2) is 11.5 Å². The molecule has 7 nitrogen and oxygen atoms in total. The molecule has 1 aliphatic heterocycles. The van der Waals surface area contributed by atoms with E-state index in [9.17, 15) is 18.8 Å². The van der Waals surface area contributed by atoms with Crippen LogP contribution in [0.4, 0.5) is 9.18 Å². The number of nitrogens with zero attached hydrogens (tertiary/aromatic N) is 1. The van der Waals surface area contributed by atoms with E-state index in [0.29, 0.717) is 27.1 Å². The summed E-state index contributed by atoms with van der Waals surface area (Å²) >= 11 is 4.16. The normalized spacial score (nSPS) is 15.8. The molecule has 3 rings (SSSR count). The lowest BCUT2D eigenvalue weighted by atomic mass is 10.1. The average molecular weight is 524 g/mol. The molecular weight excluding hydrogens is 505 g/mol. The van der Waals surface area contributed by atoms with E-state index < -0.39 is 23.2 Å². The summed E-state index contributed by atoms with van der Waals surface area (Å²) in [6.45, 7) is 1.55. The van der Waals surface area contributed by atoms with Crippen LogP contribution in [0.1, 0.15) is 18.1 Å². The van der Waals surface area contributed by atoms with Gasteiger partial charge < -0.3 is 14.2 Å². The van der Waals surface area contributed by atoms with E-state index in [1.807, 2.05) is 0 Å². The first kappa shape index (κ1) is 23.8. The Labute approximate surface area is 196 Å². The summed E-state index contributed by atoms with van der Waals surface area (Å²) < 4.78 is 29.8. The van der Waals surface area contributed by atoms with Crippen molar-refractivity contribution in [2.75, 3.05) is 14.2 Å². The van der Waals surface area contributed by atoms with Gasteiger partial charge in [-0.2, -0.15) is 0 Å². The van der Waals surface area contributed by atoms with Gasteiger partial charge >= 0.3 is 5.97 Å². The quantitative estimate of drug-likeness (QED) is 0.381. The van der Waals surface area contributed by atoms with Gasteiger partial charge in [0.25, 0.3) is 11.1 Å². The molecule has 0 radical (unpaired) electrons. The van der Waals surface area contributed by atoms with E-state index in [0.717, 1.165) is 16.7 Å². The van der Waals surface area contributed by atoms with E-state index in [2.05, 4.69) is 20.7 Å². The van der Waals surface area contributed by atoms with E-state index in [-0.39, 0.29) is 17.3 Å². The van der Waals surface area contributed by atoms with Gasteiger partial charge in [-0.3, -0.25) is 14.5 Å². The molecular formula is C22H19BrFNO6S. The SMILES string of the molecule is COC(=O)[C@H](C)N1C(=O)S/C(=C/c2cc(Br)c(OCc3cccc(F)c3)c(OC)c2)C1=O. The van der Waals surface area contributed by atoms with Crippen LogP contribution in [0.3, 0.4) is 0 Å². The number of amides is 2. The first-order valence-corrected chi connectivity index (χ1v) is 11.0. The number of benzene rings is 2. The number of hydrogen-bond acceptors (Lipinski definition) is 7. The molecule has 0 spiro atoms. The molecule has 0 unspecified atom stereocenters. The standard InChI is InChI=1S/C22H19BrFNO6S/c1-12(21(27)30-3)25-20(26)18(32-22(25)28)10-14-8-16(23)19(17(9-14)29-2)31-11-13-5-4-6-15(24)7-13/h4-10,12H,11H2,1-3H3/b18-10+/t12-/m0/s1. The third kappa shape index (κ3) is 5.13. The van der Waals surface area contributed by atoms with Crippen molar-refractivity contribution in [1.82, 2.24) is 4.90 Å². The van der Waals surface area contributed by atoms with Crippen molar-refractivity contribution in [3.63, 3.8) is 0 Å². The average Bonchev–Trinajstić information content (AvgIpc) is 3.04. The molecule has 0 saturated carbocycles. The first-order valence-electron chi connectivity index (χ1n) is 9.34. The molecule has 2 amide bonds. The highest BCUT2D eigenvalue weighted by Gasteiger charge is 2.41. The zero-order valence-electron chi connectivity index (χ0n) is 17.4. The molecule has 10 heteroatoms. The van der Waals surface area contributed by atoms with Crippen molar-refractivity contribution >= 4 is 50.9 Å². The smallest absolute Gasteiger partial charge is 0.328 e. The maximum absolute atomic E-state index is 13.4. The number of thioether (sulfide) groups is 1. The first-order chi connectivity index (χ1) is 15.2. The summed E-state index contributed by atoms with van der Waals surface area (Å²) in [5, 5.41) is -0.555. The molecule has 1 fully saturated rings. The number of methoxy groups -OCH3 is 2. The van der Waals surface area contributed by atoms with Gasteiger partial charge in [-0.25, -0.2) is 9.18 Å². The topological polar surface area (TPSA) is 82.1 Å². The maximum Gasteiger partial charge on any atom is 0.328 e. The summed E-state index contributed by atoms with van der Waals surface area (Å²) in [6, 6.07) is 8.37. The summed E-state index contributed by atoms with van der Waals surface area (Å²) in [5.41, 5.74) is 1.22. The molecule has 0 aromatic heterocycles. The van der Waals surface area contributed by atoms with Crippen LogP contribution in [0, 0.1) is 5.82 Å². The number of hydrogen-bond donors (Lipinski definition) is 0. The predicted octanol–water partition coefficient (Wildman–Crippen LogP) is 4.77. The second kappa shape index (κ2) is 10.2. The van der Waals surface area contributed by atoms with Crippen LogP contribution in [0.5, 0.6) is 11.5 Å². The molecule has 2 aromatic carbocycles. The van der Waals surface area contributed by atoms with Gasteiger partial charge in [0.1, 0.15) is 18.5 Å². The van der Waals surface area contributed by atoms with Gasteiger partial charge in [-0.15, -0.1) is 0 Å². The third-order valence-corrected chi connectivity index (χ3v) is 6.05. The van der Waals surface area contributed by atoms with Gasteiger partial charge in [-0.1, -0.05) is 12.1 Å². The molecule has 168 valence electrons. The Hall–Kier alpha value is -2.85. The molecule has 1 aliphatic rings. The van der Waals surface area contributed by atoms with Crippen molar-refractivity contribution in [3.05, 3.63) is 62.7 Å². The summed E-state index contributed by atoms with van der Waals surface area (Å²) in [7, 11) is 2.65. The highest BCUT2D eigenvalue weighted by molar-refractivity contribution is 9.10. The number of carbonyl (C=O) groups excluding carboxylic acids is 3. The number of esters is 1. The maximum atomic E-state index is 13.4. The summed E-state index contributed by atoms with van der Waals surface area (Å²) in [4.78, 5) is 37.7. The zero-order chi connectivity index (χ0) is 23.4. The van der Waals surface area contributed by atoms with Gasteiger partial charge in [0, 0.05) is 0 Å². The monoisotopic (exact) mass is 523 g/mol. The highest BCUT2D eigenvalue weighted by Crippen LogP contribution is 2.39. The van der Waals surface area contributed by atoms with Crippen LogP contribution in [-0.2, 0) is 20.9 Å². The lowest BCUT2D eigenvalue weighted by Gasteiger charge is -2.18. The molecule has 32 heavy (non-hydrogen) atoms. The Morgan fingerprint density at radius 3 is 2.66 bits per heavy atom.